The van der Waals surface area contributed by atoms with Gasteiger partial charge in [0.2, 0.25) is 0 Å². The predicted octanol–water partition coefficient (Wildman–Crippen LogP) is 4.84. The van der Waals surface area contributed by atoms with Gasteiger partial charge in [0.25, 0.3) is 0 Å². The number of hydrogen-bond donors (Lipinski definition) is 0. The fourth-order valence-electron chi connectivity index (χ4n) is 3.20. The van der Waals surface area contributed by atoms with E-state index in [-0.39, 0.29) is 4.87 Å². The molecule has 0 amide bonds. The van der Waals surface area contributed by atoms with Crippen molar-refractivity contribution in [3.05, 3.63) is 75.7 Å². The molecule has 0 spiro atoms. The fraction of sp³-hybridized carbons (Fsp3) is 0.318. The van der Waals surface area contributed by atoms with Gasteiger partial charge in [0.1, 0.15) is 0 Å². The van der Waals surface area contributed by atoms with Gasteiger partial charge in [-0.25, -0.2) is 0 Å². The molecular formula is C22H24N4OS2. The van der Waals surface area contributed by atoms with Crippen molar-refractivity contribution >= 4 is 33.3 Å². The van der Waals surface area contributed by atoms with Crippen molar-refractivity contribution < 1.29 is 0 Å². The average molecular weight is 425 g/mol. The van der Waals surface area contributed by atoms with Crippen LogP contribution in [0.15, 0.2) is 64.5 Å². The van der Waals surface area contributed by atoms with E-state index in [1.165, 1.54) is 16.9 Å². The molecule has 4 rings (SSSR count). The number of aromatic nitrogens is 4. The second-order valence-electron chi connectivity index (χ2n) is 7.04. The second kappa shape index (κ2) is 8.97. The number of benzene rings is 2. The van der Waals surface area contributed by atoms with Crippen molar-refractivity contribution in [2.75, 3.05) is 0 Å². The van der Waals surface area contributed by atoms with E-state index >= 15 is 0 Å². The number of fused-ring (bicyclic) bond motifs is 1. The lowest BCUT2D eigenvalue weighted by molar-refractivity contribution is 0.585. The molecule has 0 N–H and O–H groups in total. The number of hydrogen-bond acceptors (Lipinski definition) is 5. The number of thioether (sulfide) groups is 1. The molecule has 0 aliphatic rings. The van der Waals surface area contributed by atoms with E-state index in [0.29, 0.717) is 11.8 Å². The standard InChI is InChI=1S/C22H24N4OS2/c1-3-16(2)28-21-24-23-20(25(21)14-13-17-9-5-4-6-10-17)15-26-18-11-7-8-12-19(18)29-22(26)27/h4-12,16H,3,13-15H2,1-2H3/t16-/m0/s1. The summed E-state index contributed by atoms with van der Waals surface area (Å²) in [5, 5.41) is 10.3. The third-order valence-corrected chi connectivity index (χ3v) is 7.22. The lowest BCUT2D eigenvalue weighted by Gasteiger charge is -2.13. The molecule has 0 saturated heterocycles. The maximum absolute atomic E-state index is 12.6. The van der Waals surface area contributed by atoms with Crippen LogP contribution >= 0.6 is 23.1 Å². The molecule has 0 bridgehead atoms. The first-order valence-electron chi connectivity index (χ1n) is 9.86. The molecule has 2 heterocycles. The van der Waals surface area contributed by atoms with Gasteiger partial charge in [0, 0.05) is 11.8 Å². The van der Waals surface area contributed by atoms with Gasteiger partial charge >= 0.3 is 4.87 Å². The number of rotatable bonds is 8. The lowest BCUT2D eigenvalue weighted by Crippen LogP contribution is -2.18. The van der Waals surface area contributed by atoms with Crippen LogP contribution in [-0.2, 0) is 19.5 Å². The molecule has 4 aromatic rings. The van der Waals surface area contributed by atoms with Crippen molar-refractivity contribution in [1.29, 1.82) is 0 Å². The van der Waals surface area contributed by atoms with Gasteiger partial charge in [-0.3, -0.25) is 9.36 Å². The summed E-state index contributed by atoms with van der Waals surface area (Å²) in [7, 11) is 0. The Morgan fingerprint density at radius 3 is 2.59 bits per heavy atom. The van der Waals surface area contributed by atoms with Crippen molar-refractivity contribution in [3.8, 4) is 0 Å². The van der Waals surface area contributed by atoms with Crippen LogP contribution in [0.3, 0.4) is 0 Å². The highest BCUT2D eigenvalue weighted by atomic mass is 32.2. The summed E-state index contributed by atoms with van der Waals surface area (Å²) in [4.78, 5) is 12.6. The third-order valence-electron chi connectivity index (χ3n) is 5.02. The van der Waals surface area contributed by atoms with Gasteiger partial charge in [-0.15, -0.1) is 10.2 Å². The SMILES string of the molecule is CC[C@H](C)Sc1nnc(Cn2c(=O)sc3ccccc32)n1CCc1ccccc1. The Morgan fingerprint density at radius 2 is 1.79 bits per heavy atom. The number of para-hydroxylation sites is 1. The smallest absolute Gasteiger partial charge is 0.304 e. The number of aryl methyl sites for hydroxylation is 1. The topological polar surface area (TPSA) is 52.7 Å². The molecule has 7 heteroatoms. The minimum atomic E-state index is 0.0416. The first kappa shape index (κ1) is 19.9. The van der Waals surface area contributed by atoms with Crippen molar-refractivity contribution in [2.45, 2.75) is 50.2 Å². The molecule has 0 saturated carbocycles. The van der Waals surface area contributed by atoms with Crippen molar-refractivity contribution in [3.63, 3.8) is 0 Å². The maximum Gasteiger partial charge on any atom is 0.308 e. The van der Waals surface area contributed by atoms with E-state index in [4.69, 9.17) is 0 Å². The highest BCUT2D eigenvalue weighted by molar-refractivity contribution is 7.99. The molecule has 29 heavy (non-hydrogen) atoms. The Kier molecular flexibility index (Phi) is 6.16. The number of nitrogens with zero attached hydrogens (tertiary/aromatic N) is 4. The fourth-order valence-corrected chi connectivity index (χ4v) is 5.03. The average Bonchev–Trinajstić information content (AvgIpc) is 3.27. The molecule has 0 aliphatic heterocycles. The maximum atomic E-state index is 12.6. The molecule has 0 unspecified atom stereocenters. The molecule has 1 atom stereocenters. The zero-order valence-electron chi connectivity index (χ0n) is 16.6. The Morgan fingerprint density at radius 1 is 1.03 bits per heavy atom. The zero-order valence-corrected chi connectivity index (χ0v) is 18.2. The van der Waals surface area contributed by atoms with Gasteiger partial charge in [-0.2, -0.15) is 0 Å². The van der Waals surface area contributed by atoms with E-state index in [1.54, 1.807) is 16.3 Å². The van der Waals surface area contributed by atoms with Crippen molar-refractivity contribution in [2.24, 2.45) is 0 Å². The van der Waals surface area contributed by atoms with E-state index in [1.807, 2.05) is 30.3 Å². The Labute approximate surface area is 178 Å². The van der Waals surface area contributed by atoms with Crippen LogP contribution in [0.25, 0.3) is 10.2 Å². The second-order valence-corrected chi connectivity index (χ2v) is 9.44. The normalized spacial score (nSPS) is 12.5. The molecule has 0 aliphatic carbocycles. The van der Waals surface area contributed by atoms with E-state index < -0.39 is 0 Å². The first-order chi connectivity index (χ1) is 14.2. The highest BCUT2D eigenvalue weighted by Gasteiger charge is 2.17. The largest absolute Gasteiger partial charge is 0.308 e. The summed E-state index contributed by atoms with van der Waals surface area (Å²) in [6.45, 7) is 5.62. The quantitative estimate of drug-likeness (QED) is 0.380. The van der Waals surface area contributed by atoms with Crippen LogP contribution in [0.4, 0.5) is 0 Å². The van der Waals surface area contributed by atoms with Gasteiger partial charge in [0.15, 0.2) is 11.0 Å². The van der Waals surface area contributed by atoms with Crippen LogP contribution in [-0.4, -0.2) is 24.6 Å². The van der Waals surface area contributed by atoms with Crippen LogP contribution in [0, 0.1) is 0 Å². The molecule has 0 fully saturated rings. The Balaban J connectivity index is 1.66. The zero-order chi connectivity index (χ0) is 20.2. The molecule has 150 valence electrons. The molecule has 5 nitrogen and oxygen atoms in total. The first-order valence-corrected chi connectivity index (χ1v) is 11.6. The Hall–Kier alpha value is -2.38. The van der Waals surface area contributed by atoms with Gasteiger partial charge in [0.05, 0.1) is 16.8 Å². The summed E-state index contributed by atoms with van der Waals surface area (Å²) in [6, 6.07) is 18.4. The van der Waals surface area contributed by atoms with Gasteiger partial charge in [-0.05, 0) is 30.5 Å². The van der Waals surface area contributed by atoms with Crippen LogP contribution in [0.1, 0.15) is 31.7 Å². The molecule has 0 radical (unpaired) electrons. The van der Waals surface area contributed by atoms with Crippen LogP contribution in [0.5, 0.6) is 0 Å². The third kappa shape index (κ3) is 4.46. The monoisotopic (exact) mass is 424 g/mol. The van der Waals surface area contributed by atoms with Crippen molar-refractivity contribution in [1.82, 2.24) is 19.3 Å². The van der Waals surface area contributed by atoms with E-state index in [9.17, 15) is 4.79 Å². The summed E-state index contributed by atoms with van der Waals surface area (Å²) in [5.41, 5.74) is 2.24. The minimum absolute atomic E-state index is 0.0416. The number of thiazole rings is 1. The summed E-state index contributed by atoms with van der Waals surface area (Å²) < 4.78 is 4.99. The van der Waals surface area contributed by atoms with E-state index in [2.05, 4.69) is 52.9 Å². The van der Waals surface area contributed by atoms with Crippen LogP contribution < -0.4 is 4.87 Å². The predicted molar refractivity (Wildman–Crippen MR) is 121 cm³/mol. The summed E-state index contributed by atoms with van der Waals surface area (Å²) in [6.07, 6.45) is 1.97. The molecule has 2 aromatic heterocycles. The molecular weight excluding hydrogens is 400 g/mol. The summed E-state index contributed by atoms with van der Waals surface area (Å²) >= 11 is 3.03. The lowest BCUT2D eigenvalue weighted by atomic mass is 10.1. The van der Waals surface area contributed by atoms with Gasteiger partial charge < -0.3 is 4.57 Å². The molecule has 2 aromatic carbocycles. The van der Waals surface area contributed by atoms with E-state index in [0.717, 1.165) is 40.6 Å². The minimum Gasteiger partial charge on any atom is -0.304 e. The summed E-state index contributed by atoms with van der Waals surface area (Å²) in [5.74, 6) is 0.831. The van der Waals surface area contributed by atoms with Gasteiger partial charge in [-0.1, -0.05) is 79.4 Å². The van der Waals surface area contributed by atoms with Crippen LogP contribution in [0.2, 0.25) is 0 Å². The highest BCUT2D eigenvalue weighted by Crippen LogP contribution is 2.25. The Bertz CT molecular complexity index is 1150.